The first-order valence-electron chi connectivity index (χ1n) is 6.98. The van der Waals surface area contributed by atoms with Crippen LogP contribution >= 0.6 is 0 Å². The summed E-state index contributed by atoms with van der Waals surface area (Å²) in [5, 5.41) is 1.05. The Labute approximate surface area is 123 Å². The van der Waals surface area contributed by atoms with Crippen LogP contribution in [0, 0.1) is 0 Å². The molecule has 3 aromatic rings. The summed E-state index contributed by atoms with van der Waals surface area (Å²) in [7, 11) is 0. The van der Waals surface area contributed by atoms with Crippen molar-refractivity contribution in [2.45, 2.75) is 20.0 Å². The van der Waals surface area contributed by atoms with Gasteiger partial charge in [0, 0.05) is 23.4 Å². The number of carbonyl (C=O) groups excluding carboxylic acids is 1. The highest BCUT2D eigenvalue weighted by atomic mass is 16.5. The summed E-state index contributed by atoms with van der Waals surface area (Å²) in [5.41, 5.74) is 2.52. The first kappa shape index (κ1) is 13.4. The predicted molar refractivity (Wildman–Crippen MR) is 81.6 cm³/mol. The van der Waals surface area contributed by atoms with Gasteiger partial charge in [0.05, 0.1) is 6.26 Å². The minimum Gasteiger partial charge on any atom is -0.489 e. The maximum absolute atomic E-state index is 11.7. The Hall–Kier alpha value is -2.55. The monoisotopic (exact) mass is 280 g/mol. The molecular formula is C18H16O3. The lowest BCUT2D eigenvalue weighted by Gasteiger charge is -2.07. The van der Waals surface area contributed by atoms with Crippen molar-refractivity contribution in [2.75, 3.05) is 0 Å². The fourth-order valence-corrected chi connectivity index (χ4v) is 2.23. The van der Waals surface area contributed by atoms with Crippen LogP contribution in [0.4, 0.5) is 0 Å². The number of hydrogen-bond acceptors (Lipinski definition) is 3. The highest BCUT2D eigenvalue weighted by molar-refractivity contribution is 5.95. The largest absolute Gasteiger partial charge is 0.489 e. The van der Waals surface area contributed by atoms with Gasteiger partial charge in [0.15, 0.2) is 5.78 Å². The summed E-state index contributed by atoms with van der Waals surface area (Å²) >= 11 is 0. The maximum Gasteiger partial charge on any atom is 0.162 e. The van der Waals surface area contributed by atoms with Crippen molar-refractivity contribution >= 4 is 16.8 Å². The van der Waals surface area contributed by atoms with E-state index < -0.39 is 0 Å². The van der Waals surface area contributed by atoms with E-state index >= 15 is 0 Å². The predicted octanol–water partition coefficient (Wildman–Crippen LogP) is 4.60. The first-order chi connectivity index (χ1) is 10.3. The van der Waals surface area contributed by atoms with Crippen LogP contribution in [-0.4, -0.2) is 5.78 Å². The van der Waals surface area contributed by atoms with Crippen LogP contribution in [0.3, 0.4) is 0 Å². The summed E-state index contributed by atoms with van der Waals surface area (Å²) < 4.78 is 11.1. The Bertz CT molecular complexity index is 771. The van der Waals surface area contributed by atoms with Crippen LogP contribution in [0.5, 0.6) is 5.75 Å². The number of fused-ring (bicyclic) bond motifs is 1. The van der Waals surface area contributed by atoms with E-state index in [1.165, 1.54) is 0 Å². The van der Waals surface area contributed by atoms with Gasteiger partial charge >= 0.3 is 0 Å². The van der Waals surface area contributed by atoms with Crippen LogP contribution in [0.1, 0.15) is 29.3 Å². The SMILES string of the molecule is CCC(=O)c1cccc(COc2ccc3ccoc3c2)c1. The van der Waals surface area contributed by atoms with Gasteiger partial charge in [-0.15, -0.1) is 0 Å². The fraction of sp³-hybridized carbons (Fsp3) is 0.167. The quantitative estimate of drug-likeness (QED) is 0.641. The van der Waals surface area contributed by atoms with E-state index in [2.05, 4.69) is 0 Å². The van der Waals surface area contributed by atoms with Gasteiger partial charge in [-0.1, -0.05) is 25.1 Å². The fourth-order valence-electron chi connectivity index (χ4n) is 2.23. The average molecular weight is 280 g/mol. The minimum atomic E-state index is 0.147. The van der Waals surface area contributed by atoms with Gasteiger partial charge in [-0.2, -0.15) is 0 Å². The molecule has 0 spiro atoms. The van der Waals surface area contributed by atoms with Crippen molar-refractivity contribution in [2.24, 2.45) is 0 Å². The first-order valence-corrected chi connectivity index (χ1v) is 6.98. The zero-order chi connectivity index (χ0) is 14.7. The molecule has 1 heterocycles. The highest BCUT2D eigenvalue weighted by Gasteiger charge is 2.05. The van der Waals surface area contributed by atoms with E-state index in [0.29, 0.717) is 13.0 Å². The van der Waals surface area contributed by atoms with Gasteiger partial charge in [0.25, 0.3) is 0 Å². The molecule has 21 heavy (non-hydrogen) atoms. The molecule has 1 aromatic heterocycles. The second-order valence-corrected chi connectivity index (χ2v) is 4.89. The molecule has 3 heteroatoms. The van der Waals surface area contributed by atoms with Crippen molar-refractivity contribution in [3.05, 3.63) is 65.9 Å². The molecule has 0 unspecified atom stereocenters. The topological polar surface area (TPSA) is 39.4 Å². The third-order valence-corrected chi connectivity index (χ3v) is 3.40. The number of benzene rings is 2. The molecule has 0 saturated heterocycles. The minimum absolute atomic E-state index is 0.147. The zero-order valence-corrected chi connectivity index (χ0v) is 11.8. The van der Waals surface area contributed by atoms with Crippen molar-refractivity contribution in [3.63, 3.8) is 0 Å². The third-order valence-electron chi connectivity index (χ3n) is 3.40. The Morgan fingerprint density at radius 1 is 1.14 bits per heavy atom. The van der Waals surface area contributed by atoms with Crippen molar-refractivity contribution < 1.29 is 13.9 Å². The van der Waals surface area contributed by atoms with E-state index in [1.807, 2.05) is 55.5 Å². The number of ether oxygens (including phenoxy) is 1. The second kappa shape index (κ2) is 5.83. The van der Waals surface area contributed by atoms with Gasteiger partial charge in [-0.3, -0.25) is 4.79 Å². The van der Waals surface area contributed by atoms with Crippen LogP contribution in [-0.2, 0) is 6.61 Å². The van der Waals surface area contributed by atoms with E-state index in [1.54, 1.807) is 6.26 Å². The van der Waals surface area contributed by atoms with Crippen molar-refractivity contribution in [3.8, 4) is 5.75 Å². The standard InChI is InChI=1S/C18H16O3/c1-2-17(19)15-5-3-4-13(10-15)12-21-16-7-6-14-8-9-20-18(14)11-16/h3-11H,2,12H2,1H3. The third kappa shape index (κ3) is 2.97. The van der Waals surface area contributed by atoms with Gasteiger partial charge in [-0.25, -0.2) is 0 Å². The van der Waals surface area contributed by atoms with Crippen LogP contribution < -0.4 is 4.74 Å². The number of carbonyl (C=O) groups is 1. The summed E-state index contributed by atoms with van der Waals surface area (Å²) in [5.74, 6) is 0.901. The van der Waals surface area contributed by atoms with Crippen molar-refractivity contribution in [1.29, 1.82) is 0 Å². The van der Waals surface area contributed by atoms with Crippen LogP contribution in [0.2, 0.25) is 0 Å². The molecule has 106 valence electrons. The molecule has 0 atom stereocenters. The summed E-state index contributed by atoms with van der Waals surface area (Å²) in [4.78, 5) is 11.7. The Kier molecular flexibility index (Phi) is 3.73. The molecule has 0 fully saturated rings. The van der Waals surface area contributed by atoms with E-state index in [0.717, 1.165) is 27.8 Å². The second-order valence-electron chi connectivity index (χ2n) is 4.89. The molecule has 0 radical (unpaired) electrons. The van der Waals surface area contributed by atoms with Gasteiger partial charge in [0.1, 0.15) is 17.9 Å². The molecule has 0 N–H and O–H groups in total. The molecule has 3 rings (SSSR count). The molecular weight excluding hydrogens is 264 g/mol. The summed E-state index contributed by atoms with van der Waals surface area (Å²) in [6, 6.07) is 15.2. The molecule has 0 aliphatic heterocycles. The van der Waals surface area contributed by atoms with E-state index in [4.69, 9.17) is 9.15 Å². The number of ketones is 1. The molecule has 0 amide bonds. The molecule has 0 bridgehead atoms. The number of furan rings is 1. The normalized spacial score (nSPS) is 10.7. The number of rotatable bonds is 5. The molecule has 2 aromatic carbocycles. The van der Waals surface area contributed by atoms with Crippen LogP contribution in [0.25, 0.3) is 11.0 Å². The Morgan fingerprint density at radius 3 is 2.90 bits per heavy atom. The average Bonchev–Trinajstić information content (AvgIpc) is 3.00. The van der Waals surface area contributed by atoms with E-state index in [-0.39, 0.29) is 5.78 Å². The van der Waals surface area contributed by atoms with Crippen molar-refractivity contribution in [1.82, 2.24) is 0 Å². The van der Waals surface area contributed by atoms with Gasteiger partial charge in [-0.05, 0) is 29.8 Å². The molecule has 0 aliphatic carbocycles. The van der Waals surface area contributed by atoms with Gasteiger partial charge < -0.3 is 9.15 Å². The Morgan fingerprint density at radius 2 is 2.05 bits per heavy atom. The molecule has 0 aliphatic rings. The lowest BCUT2D eigenvalue weighted by molar-refractivity contribution is 0.0988. The lowest BCUT2D eigenvalue weighted by atomic mass is 10.1. The smallest absolute Gasteiger partial charge is 0.162 e. The molecule has 3 nitrogen and oxygen atoms in total. The number of Topliss-reactive ketones (excluding diaryl/α,β-unsaturated/α-hetero) is 1. The van der Waals surface area contributed by atoms with Gasteiger partial charge in [0.2, 0.25) is 0 Å². The maximum atomic E-state index is 11.7. The zero-order valence-electron chi connectivity index (χ0n) is 11.8. The van der Waals surface area contributed by atoms with E-state index in [9.17, 15) is 4.79 Å². The highest BCUT2D eigenvalue weighted by Crippen LogP contribution is 2.22. The van der Waals surface area contributed by atoms with Crippen LogP contribution in [0.15, 0.2) is 59.2 Å². The summed E-state index contributed by atoms with van der Waals surface area (Å²) in [6.07, 6.45) is 2.17. The molecule has 0 saturated carbocycles. The Balaban J connectivity index is 1.73. The summed E-state index contributed by atoms with van der Waals surface area (Å²) in [6.45, 7) is 2.29. The number of hydrogen-bond donors (Lipinski definition) is 0. The lowest BCUT2D eigenvalue weighted by Crippen LogP contribution is -2.00.